The highest BCUT2D eigenvalue weighted by molar-refractivity contribution is 7.88. The number of hydrogen-bond donors (Lipinski definition) is 2. The van der Waals surface area contributed by atoms with Gasteiger partial charge in [-0.2, -0.15) is 5.10 Å². The first-order chi connectivity index (χ1) is 15.8. The normalized spacial score (nSPS) is 12.1. The topological polar surface area (TPSA) is 93.1 Å². The summed E-state index contributed by atoms with van der Waals surface area (Å²) >= 11 is 6.15. The van der Waals surface area contributed by atoms with E-state index in [1.807, 2.05) is 18.2 Å². The standard InChI is InChI=1S/C24H28ClFN4O3S/c1-24(2,3)22-13-20(30(29-22)19-7-5-6-18(25)12-19)15-27-23(31)11-16-8-9-17(21(26)10-16)14-28-34(4,32)33/h5-10,12-13,28H,11,14-15H2,1-4H3,(H,27,31). The fraction of sp³-hybridized carbons (Fsp3) is 0.333. The molecule has 182 valence electrons. The fourth-order valence-electron chi connectivity index (χ4n) is 3.23. The summed E-state index contributed by atoms with van der Waals surface area (Å²) in [6.45, 7) is 6.25. The number of carbonyl (C=O) groups is 1. The summed E-state index contributed by atoms with van der Waals surface area (Å²) in [4.78, 5) is 12.6. The number of amides is 1. The van der Waals surface area contributed by atoms with Crippen LogP contribution in [0.2, 0.25) is 5.02 Å². The maximum Gasteiger partial charge on any atom is 0.224 e. The largest absolute Gasteiger partial charge is 0.350 e. The van der Waals surface area contributed by atoms with E-state index in [2.05, 4.69) is 30.8 Å². The lowest BCUT2D eigenvalue weighted by molar-refractivity contribution is -0.120. The molecule has 0 saturated carbocycles. The molecule has 0 radical (unpaired) electrons. The first-order valence-corrected chi connectivity index (χ1v) is 12.9. The predicted octanol–water partition coefficient (Wildman–Crippen LogP) is 3.87. The van der Waals surface area contributed by atoms with Crippen molar-refractivity contribution >= 4 is 27.5 Å². The second-order valence-electron chi connectivity index (χ2n) is 9.14. The second kappa shape index (κ2) is 10.2. The van der Waals surface area contributed by atoms with Crippen molar-refractivity contribution in [2.24, 2.45) is 0 Å². The zero-order valence-corrected chi connectivity index (χ0v) is 21.1. The van der Waals surface area contributed by atoms with E-state index in [-0.39, 0.29) is 36.4 Å². The SMILES string of the molecule is CC(C)(C)c1cc(CNC(=O)Cc2ccc(CNS(C)(=O)=O)c(F)c2)n(-c2cccc(Cl)c2)n1. The van der Waals surface area contributed by atoms with E-state index in [1.54, 1.807) is 22.9 Å². The van der Waals surface area contributed by atoms with Crippen LogP contribution in [0.25, 0.3) is 5.69 Å². The van der Waals surface area contributed by atoms with Gasteiger partial charge in [-0.3, -0.25) is 4.79 Å². The summed E-state index contributed by atoms with van der Waals surface area (Å²) in [5, 5.41) is 8.17. The molecule has 2 aromatic carbocycles. The summed E-state index contributed by atoms with van der Waals surface area (Å²) in [5.41, 5.74) is 2.94. The van der Waals surface area contributed by atoms with E-state index in [4.69, 9.17) is 16.7 Å². The maximum absolute atomic E-state index is 14.3. The predicted molar refractivity (Wildman–Crippen MR) is 131 cm³/mol. The molecule has 1 heterocycles. The lowest BCUT2D eigenvalue weighted by atomic mass is 9.92. The number of hydrogen-bond acceptors (Lipinski definition) is 4. The second-order valence-corrected chi connectivity index (χ2v) is 11.4. The number of sulfonamides is 1. The molecule has 1 aromatic heterocycles. The highest BCUT2D eigenvalue weighted by Gasteiger charge is 2.21. The van der Waals surface area contributed by atoms with Gasteiger partial charge in [0.25, 0.3) is 0 Å². The number of nitrogens with zero attached hydrogens (tertiary/aromatic N) is 2. The van der Waals surface area contributed by atoms with Gasteiger partial charge in [0, 0.05) is 22.5 Å². The number of benzene rings is 2. The number of nitrogens with one attached hydrogen (secondary N) is 2. The van der Waals surface area contributed by atoms with Crippen molar-refractivity contribution < 1.29 is 17.6 Å². The first kappa shape index (κ1) is 25.9. The van der Waals surface area contributed by atoms with E-state index in [9.17, 15) is 17.6 Å². The van der Waals surface area contributed by atoms with Crippen molar-refractivity contribution in [1.82, 2.24) is 19.8 Å². The molecule has 7 nitrogen and oxygen atoms in total. The maximum atomic E-state index is 14.3. The molecule has 0 spiro atoms. The smallest absolute Gasteiger partial charge is 0.224 e. The van der Waals surface area contributed by atoms with Crippen molar-refractivity contribution in [3.8, 4) is 5.69 Å². The van der Waals surface area contributed by atoms with Crippen LogP contribution in [0.5, 0.6) is 0 Å². The van der Waals surface area contributed by atoms with Gasteiger partial charge in [-0.25, -0.2) is 22.2 Å². The molecule has 0 atom stereocenters. The highest BCUT2D eigenvalue weighted by Crippen LogP contribution is 2.24. The van der Waals surface area contributed by atoms with Gasteiger partial charge in [0.1, 0.15) is 5.82 Å². The van der Waals surface area contributed by atoms with E-state index >= 15 is 0 Å². The molecule has 0 fully saturated rings. The summed E-state index contributed by atoms with van der Waals surface area (Å²) in [7, 11) is -3.43. The molecule has 0 unspecified atom stereocenters. The Labute approximate surface area is 204 Å². The number of rotatable bonds is 8. The Hall–Kier alpha value is -2.75. The van der Waals surface area contributed by atoms with Gasteiger partial charge < -0.3 is 5.32 Å². The molecule has 0 aliphatic carbocycles. The molecule has 10 heteroatoms. The molecule has 34 heavy (non-hydrogen) atoms. The van der Waals surface area contributed by atoms with Gasteiger partial charge in [0.05, 0.1) is 36.3 Å². The van der Waals surface area contributed by atoms with Crippen molar-refractivity contribution in [2.45, 2.75) is 45.7 Å². The Kier molecular flexibility index (Phi) is 7.80. The van der Waals surface area contributed by atoms with Crippen molar-refractivity contribution in [2.75, 3.05) is 6.26 Å². The minimum atomic E-state index is -3.43. The summed E-state index contributed by atoms with van der Waals surface area (Å²) in [6.07, 6.45) is 0.987. The molecule has 0 bridgehead atoms. The summed E-state index contributed by atoms with van der Waals surface area (Å²) in [5.74, 6) is -0.854. The number of aromatic nitrogens is 2. The van der Waals surface area contributed by atoms with Crippen LogP contribution >= 0.6 is 11.6 Å². The van der Waals surface area contributed by atoms with Gasteiger partial charge in [-0.15, -0.1) is 0 Å². The Balaban J connectivity index is 1.71. The average molecular weight is 507 g/mol. The quantitative estimate of drug-likeness (QED) is 0.485. The Morgan fingerprint density at radius 1 is 1.12 bits per heavy atom. The monoisotopic (exact) mass is 506 g/mol. The van der Waals surface area contributed by atoms with Gasteiger partial charge in [0.15, 0.2) is 0 Å². The fourth-order valence-corrected chi connectivity index (χ4v) is 3.84. The molecule has 3 aromatic rings. The number of halogens is 2. The third kappa shape index (κ3) is 7.12. The minimum Gasteiger partial charge on any atom is -0.350 e. The number of carbonyl (C=O) groups excluding carboxylic acids is 1. The van der Waals surface area contributed by atoms with E-state index < -0.39 is 15.8 Å². The molecular weight excluding hydrogens is 479 g/mol. The van der Waals surface area contributed by atoms with Crippen LogP contribution in [0.1, 0.15) is 43.3 Å². The third-order valence-electron chi connectivity index (χ3n) is 5.08. The zero-order chi connectivity index (χ0) is 25.1. The van der Waals surface area contributed by atoms with Crippen LogP contribution in [0, 0.1) is 5.82 Å². The molecule has 0 saturated heterocycles. The molecule has 2 N–H and O–H groups in total. The van der Waals surface area contributed by atoms with Gasteiger partial charge in [-0.05, 0) is 35.9 Å². The Bertz CT molecular complexity index is 1300. The summed E-state index contributed by atoms with van der Waals surface area (Å²) < 4.78 is 40.7. The Morgan fingerprint density at radius 3 is 2.47 bits per heavy atom. The minimum absolute atomic E-state index is 0.0197. The Morgan fingerprint density at radius 2 is 1.85 bits per heavy atom. The molecule has 0 aliphatic heterocycles. The summed E-state index contributed by atoms with van der Waals surface area (Å²) in [6, 6.07) is 13.6. The van der Waals surface area contributed by atoms with Gasteiger partial charge >= 0.3 is 0 Å². The van der Waals surface area contributed by atoms with Crippen LogP contribution in [0.3, 0.4) is 0 Å². The highest BCUT2D eigenvalue weighted by atomic mass is 35.5. The first-order valence-electron chi connectivity index (χ1n) is 10.7. The zero-order valence-electron chi connectivity index (χ0n) is 19.5. The van der Waals surface area contributed by atoms with E-state index in [1.165, 1.54) is 12.1 Å². The van der Waals surface area contributed by atoms with Crippen LogP contribution in [-0.2, 0) is 39.7 Å². The lowest BCUT2D eigenvalue weighted by Crippen LogP contribution is -2.26. The van der Waals surface area contributed by atoms with Gasteiger partial charge in [0.2, 0.25) is 15.9 Å². The van der Waals surface area contributed by atoms with Crippen LogP contribution in [-0.4, -0.2) is 30.4 Å². The van der Waals surface area contributed by atoms with Crippen LogP contribution < -0.4 is 10.0 Å². The average Bonchev–Trinajstić information content (AvgIpc) is 3.16. The lowest BCUT2D eigenvalue weighted by Gasteiger charge is -2.14. The molecule has 0 aliphatic rings. The van der Waals surface area contributed by atoms with Crippen molar-refractivity contribution in [1.29, 1.82) is 0 Å². The van der Waals surface area contributed by atoms with E-state index in [0.717, 1.165) is 23.3 Å². The molecular formula is C24H28ClFN4O3S. The van der Waals surface area contributed by atoms with Crippen molar-refractivity contribution in [3.05, 3.63) is 81.9 Å². The van der Waals surface area contributed by atoms with E-state index in [0.29, 0.717) is 10.6 Å². The third-order valence-corrected chi connectivity index (χ3v) is 5.98. The molecule has 3 rings (SSSR count). The molecule has 1 amide bonds. The van der Waals surface area contributed by atoms with Crippen molar-refractivity contribution in [3.63, 3.8) is 0 Å². The van der Waals surface area contributed by atoms with Gasteiger partial charge in [-0.1, -0.05) is 50.6 Å². The van der Waals surface area contributed by atoms with Crippen LogP contribution in [0.4, 0.5) is 4.39 Å². The van der Waals surface area contributed by atoms with Crippen LogP contribution in [0.15, 0.2) is 48.5 Å².